The Morgan fingerprint density at radius 1 is 0.681 bits per heavy atom. The zero-order chi connectivity index (χ0) is 33.8. The molecule has 0 heterocycles. The van der Waals surface area contributed by atoms with E-state index in [4.69, 9.17) is 18.1 Å². The van der Waals surface area contributed by atoms with Crippen LogP contribution in [0, 0.1) is 0 Å². The zero-order valence-corrected chi connectivity index (χ0v) is 28.8. The number of carboxylic acids is 1. The average Bonchev–Trinajstić information content (AvgIpc) is 3.09. The van der Waals surface area contributed by atoms with Crippen LogP contribution >= 0.6 is 15.2 Å². The topological polar surface area (TPSA) is 137 Å². The number of carbonyl (C=O) groups is 2. The number of unbranched alkanes of at least 4 members (excludes halogenated alkanes) is 3. The van der Waals surface area contributed by atoms with Crippen molar-refractivity contribution in [3.05, 3.63) is 108 Å². The maximum absolute atomic E-state index is 14.3. The number of hydrogen-bond acceptors (Lipinski definition) is 8. The van der Waals surface area contributed by atoms with E-state index in [1.54, 1.807) is 0 Å². The minimum absolute atomic E-state index is 0.0426. The van der Waals surface area contributed by atoms with E-state index in [0.29, 0.717) is 25.9 Å². The molecule has 0 spiro atoms. The van der Waals surface area contributed by atoms with Crippen LogP contribution in [-0.4, -0.2) is 35.5 Å². The van der Waals surface area contributed by atoms with E-state index < -0.39 is 32.9 Å². The summed E-state index contributed by atoms with van der Waals surface area (Å²) in [6.45, 7) is 2.48. The van der Waals surface area contributed by atoms with Crippen LogP contribution < -0.4 is 5.32 Å². The van der Waals surface area contributed by atoms with Crippen LogP contribution in [0.5, 0.6) is 0 Å². The Morgan fingerprint density at radius 3 is 1.68 bits per heavy atom. The molecule has 0 bridgehead atoms. The fourth-order valence-corrected chi connectivity index (χ4v) is 8.09. The van der Waals surface area contributed by atoms with Crippen LogP contribution in [0.2, 0.25) is 0 Å². The van der Waals surface area contributed by atoms with Crippen LogP contribution in [-0.2, 0) is 56.6 Å². The molecule has 3 rings (SSSR count). The Hall–Kier alpha value is -3.10. The van der Waals surface area contributed by atoms with Crippen molar-refractivity contribution < 1.29 is 41.9 Å². The van der Waals surface area contributed by atoms with E-state index in [1.807, 2.05) is 97.9 Å². The number of rotatable bonds is 24. The minimum atomic E-state index is -4.05. The van der Waals surface area contributed by atoms with Gasteiger partial charge in [0.2, 0.25) is 5.91 Å². The number of aliphatic carboxylic acids is 1. The molecule has 0 aliphatic rings. The molecule has 0 aliphatic carbocycles. The molecule has 0 aliphatic heterocycles. The predicted octanol–water partition coefficient (Wildman–Crippen LogP) is 8.71. The molecule has 47 heavy (non-hydrogen) atoms. The molecular weight excluding hydrogens is 640 g/mol. The van der Waals surface area contributed by atoms with Gasteiger partial charge in [-0.1, -0.05) is 111 Å². The van der Waals surface area contributed by atoms with Crippen LogP contribution in [0.15, 0.2) is 91.0 Å². The van der Waals surface area contributed by atoms with Crippen molar-refractivity contribution in [3.63, 3.8) is 0 Å². The van der Waals surface area contributed by atoms with E-state index in [2.05, 4.69) is 5.32 Å². The smallest absolute Gasteiger partial charge is 0.353 e. The Labute approximate surface area is 278 Å². The maximum Gasteiger partial charge on any atom is 0.353 e. The third kappa shape index (κ3) is 15.1. The standard InChI is InChI=1S/C35H47NO9P2/c1-2-3-25-42-46(40,43-27-30-16-8-4-9-17-30)26-15-7-14-22-33(37)36-34(23-24-35(38)39)47(41,44-28-31-18-10-5-11-19-31)45-29-32-20-12-6-13-21-32/h4-6,8-13,16-21,34H,2-3,7,14-15,22-29H2,1H3,(H,36,37)(H,38,39)/t34-,46?/m1/s1. The lowest BCUT2D eigenvalue weighted by Gasteiger charge is -2.28. The predicted molar refractivity (Wildman–Crippen MR) is 182 cm³/mol. The summed E-state index contributed by atoms with van der Waals surface area (Å²) >= 11 is 0. The molecule has 0 fully saturated rings. The third-order valence-corrected chi connectivity index (χ3v) is 11.3. The molecule has 3 aromatic rings. The number of hydrogen-bond donors (Lipinski definition) is 2. The van der Waals surface area contributed by atoms with Gasteiger partial charge in [-0.25, -0.2) is 0 Å². The quantitative estimate of drug-likeness (QED) is 0.0700. The Bertz CT molecular complexity index is 1380. The largest absolute Gasteiger partial charge is 0.481 e. The molecule has 256 valence electrons. The molecular formula is C35H47NO9P2. The summed E-state index contributed by atoms with van der Waals surface area (Å²) in [5.41, 5.74) is 2.41. The molecule has 0 radical (unpaired) electrons. The van der Waals surface area contributed by atoms with Crippen LogP contribution in [0.25, 0.3) is 0 Å². The zero-order valence-electron chi connectivity index (χ0n) is 27.0. The second kappa shape index (κ2) is 21.0. The molecule has 1 amide bonds. The first-order chi connectivity index (χ1) is 22.7. The van der Waals surface area contributed by atoms with Gasteiger partial charge in [-0.2, -0.15) is 0 Å². The van der Waals surface area contributed by atoms with E-state index in [9.17, 15) is 23.8 Å². The first-order valence-corrected chi connectivity index (χ1v) is 19.5. The fraction of sp³-hybridized carbons (Fsp3) is 0.429. The van der Waals surface area contributed by atoms with Crippen molar-refractivity contribution in [2.75, 3.05) is 12.8 Å². The first kappa shape index (κ1) is 38.3. The van der Waals surface area contributed by atoms with E-state index in [1.165, 1.54) is 0 Å². The Balaban J connectivity index is 1.59. The highest BCUT2D eigenvalue weighted by molar-refractivity contribution is 7.54. The lowest BCUT2D eigenvalue weighted by atomic mass is 10.2. The second-order valence-corrected chi connectivity index (χ2v) is 15.6. The van der Waals surface area contributed by atoms with Crippen molar-refractivity contribution in [2.24, 2.45) is 0 Å². The van der Waals surface area contributed by atoms with Crippen LogP contribution in [0.4, 0.5) is 0 Å². The van der Waals surface area contributed by atoms with Crippen molar-refractivity contribution in [1.82, 2.24) is 5.32 Å². The Kier molecular flexibility index (Phi) is 17.1. The third-order valence-electron chi connectivity index (χ3n) is 7.24. The molecule has 2 N–H and O–H groups in total. The van der Waals surface area contributed by atoms with Crippen LogP contribution in [0.3, 0.4) is 0 Å². The highest BCUT2D eigenvalue weighted by Gasteiger charge is 2.38. The second-order valence-electron chi connectivity index (χ2n) is 11.2. The highest BCUT2D eigenvalue weighted by atomic mass is 31.2. The van der Waals surface area contributed by atoms with Gasteiger partial charge in [0.25, 0.3) is 0 Å². The molecule has 1 unspecified atom stereocenters. The summed E-state index contributed by atoms with van der Waals surface area (Å²) < 4.78 is 50.9. The van der Waals surface area contributed by atoms with Gasteiger partial charge in [0.05, 0.1) is 32.6 Å². The number of amides is 1. The lowest BCUT2D eigenvalue weighted by molar-refractivity contribution is -0.137. The van der Waals surface area contributed by atoms with Crippen LogP contribution in [0.1, 0.15) is 75.0 Å². The molecule has 2 atom stereocenters. The van der Waals surface area contributed by atoms with Crippen molar-refractivity contribution in [2.45, 2.75) is 83.9 Å². The highest BCUT2D eigenvalue weighted by Crippen LogP contribution is 2.55. The van der Waals surface area contributed by atoms with Gasteiger partial charge in [-0.3, -0.25) is 18.7 Å². The Morgan fingerprint density at radius 2 is 1.19 bits per heavy atom. The minimum Gasteiger partial charge on any atom is -0.481 e. The summed E-state index contributed by atoms with van der Waals surface area (Å²) in [5.74, 6) is -2.67. The van der Waals surface area contributed by atoms with E-state index in [-0.39, 0.29) is 45.2 Å². The lowest BCUT2D eigenvalue weighted by Crippen LogP contribution is -2.36. The fourth-order valence-electron chi connectivity index (χ4n) is 4.55. The molecule has 0 saturated heterocycles. The summed E-state index contributed by atoms with van der Waals surface area (Å²) in [7, 11) is -7.38. The van der Waals surface area contributed by atoms with Gasteiger partial charge in [-0.15, -0.1) is 0 Å². The maximum atomic E-state index is 14.3. The number of carbonyl (C=O) groups excluding carboxylic acids is 1. The van der Waals surface area contributed by atoms with Crippen molar-refractivity contribution in [3.8, 4) is 0 Å². The van der Waals surface area contributed by atoms with Crippen molar-refractivity contribution in [1.29, 1.82) is 0 Å². The molecule has 0 saturated carbocycles. The summed E-state index contributed by atoms with van der Waals surface area (Å²) in [4.78, 5) is 24.6. The summed E-state index contributed by atoms with van der Waals surface area (Å²) in [6, 6.07) is 27.7. The van der Waals surface area contributed by atoms with Gasteiger partial charge in [0, 0.05) is 12.8 Å². The number of carboxylic acid groups (broad SMARTS) is 1. The molecule has 0 aromatic heterocycles. The SMILES string of the molecule is CCCCOP(=O)(CCCCCC(=O)N[C@@H](CCC(=O)O)P(=O)(OCc1ccccc1)OCc1ccccc1)OCc1ccccc1. The number of benzene rings is 3. The van der Waals surface area contributed by atoms with E-state index in [0.717, 1.165) is 29.5 Å². The summed E-state index contributed by atoms with van der Waals surface area (Å²) in [5, 5.41) is 12.1. The monoisotopic (exact) mass is 687 g/mol. The average molecular weight is 688 g/mol. The number of nitrogens with one attached hydrogen (secondary N) is 1. The molecule has 12 heteroatoms. The van der Waals surface area contributed by atoms with Gasteiger partial charge >= 0.3 is 21.2 Å². The molecule has 10 nitrogen and oxygen atoms in total. The molecule has 3 aromatic carbocycles. The van der Waals surface area contributed by atoms with Gasteiger partial charge in [-0.05, 0) is 42.4 Å². The van der Waals surface area contributed by atoms with Gasteiger partial charge in [0.15, 0.2) is 0 Å². The summed E-state index contributed by atoms with van der Waals surface area (Å²) in [6.07, 6.45) is 3.08. The van der Waals surface area contributed by atoms with Gasteiger partial charge in [0.1, 0.15) is 5.78 Å². The normalized spacial score (nSPS) is 13.5. The van der Waals surface area contributed by atoms with Gasteiger partial charge < -0.3 is 28.5 Å². The van der Waals surface area contributed by atoms with E-state index >= 15 is 0 Å². The van der Waals surface area contributed by atoms with Crippen molar-refractivity contribution >= 4 is 27.1 Å². The first-order valence-electron chi connectivity index (χ1n) is 16.1.